The summed E-state index contributed by atoms with van der Waals surface area (Å²) < 4.78 is 0. The Hall–Kier alpha value is -1.89. The molecule has 0 saturated carbocycles. The third kappa shape index (κ3) is 2.98. The van der Waals surface area contributed by atoms with Crippen molar-refractivity contribution in [3.8, 4) is 0 Å². The summed E-state index contributed by atoms with van der Waals surface area (Å²) in [5.41, 5.74) is 5.68. The lowest BCUT2D eigenvalue weighted by Gasteiger charge is -2.38. The number of aromatic nitrogens is 1. The molecule has 2 heterocycles. The van der Waals surface area contributed by atoms with Crippen molar-refractivity contribution in [1.82, 2.24) is 9.88 Å². The fraction of sp³-hybridized carbons (Fsp3) is 0.615. The Labute approximate surface area is 118 Å². The van der Waals surface area contributed by atoms with E-state index in [1.807, 2.05) is 4.90 Å². The maximum Gasteiger partial charge on any atom is 0.311 e. The van der Waals surface area contributed by atoms with Gasteiger partial charge in [-0.1, -0.05) is 6.92 Å². The second-order valence-corrected chi connectivity index (χ2v) is 5.12. The van der Waals surface area contributed by atoms with Crippen LogP contribution in [0.25, 0.3) is 0 Å². The molecule has 1 atom stereocenters. The van der Waals surface area contributed by atoms with Crippen molar-refractivity contribution in [2.75, 3.05) is 36.8 Å². The Morgan fingerprint density at radius 2 is 2.05 bits per heavy atom. The lowest BCUT2D eigenvalue weighted by atomic mass is 10.2. The van der Waals surface area contributed by atoms with Gasteiger partial charge in [-0.2, -0.15) is 0 Å². The molecular formula is C13H21N5O2. The molecular weight excluding hydrogens is 258 g/mol. The standard InChI is InChI=1S/C13H21N5O2/c1-3-10(2)16-6-8-17(9-7-16)13-11(18(19)20)4-5-12(14)15-13/h4-5,10H,3,6-9H2,1-2H3,(H2,14,15). The number of pyridine rings is 1. The molecule has 0 aliphatic carbocycles. The maximum atomic E-state index is 11.1. The number of nitrogens with two attached hydrogens (primary N) is 1. The normalized spacial score (nSPS) is 18.0. The number of piperazine rings is 1. The summed E-state index contributed by atoms with van der Waals surface area (Å²) >= 11 is 0. The lowest BCUT2D eigenvalue weighted by molar-refractivity contribution is -0.384. The Morgan fingerprint density at radius 1 is 1.40 bits per heavy atom. The Morgan fingerprint density at radius 3 is 2.60 bits per heavy atom. The van der Waals surface area contributed by atoms with Crippen LogP contribution in [-0.2, 0) is 0 Å². The summed E-state index contributed by atoms with van der Waals surface area (Å²) in [5.74, 6) is 0.703. The predicted molar refractivity (Wildman–Crippen MR) is 78.8 cm³/mol. The van der Waals surface area contributed by atoms with Gasteiger partial charge in [0, 0.05) is 38.3 Å². The van der Waals surface area contributed by atoms with Crippen LogP contribution in [0.5, 0.6) is 0 Å². The van der Waals surface area contributed by atoms with Crippen molar-refractivity contribution in [3.05, 3.63) is 22.2 Å². The predicted octanol–water partition coefficient (Wildman–Crippen LogP) is 1.49. The molecule has 0 bridgehead atoms. The first-order valence-electron chi connectivity index (χ1n) is 6.92. The summed E-state index contributed by atoms with van der Waals surface area (Å²) in [6.07, 6.45) is 1.11. The number of nitrogen functional groups attached to an aromatic ring is 1. The van der Waals surface area contributed by atoms with Crippen LogP contribution in [-0.4, -0.2) is 47.0 Å². The zero-order valence-electron chi connectivity index (χ0n) is 12.0. The average molecular weight is 279 g/mol. The molecule has 2 rings (SSSR count). The van der Waals surface area contributed by atoms with E-state index in [0.717, 1.165) is 32.6 Å². The van der Waals surface area contributed by atoms with E-state index < -0.39 is 4.92 Å². The Balaban J connectivity index is 2.14. The fourth-order valence-corrected chi connectivity index (χ4v) is 2.46. The van der Waals surface area contributed by atoms with E-state index in [9.17, 15) is 10.1 Å². The molecule has 0 radical (unpaired) electrons. The fourth-order valence-electron chi connectivity index (χ4n) is 2.46. The van der Waals surface area contributed by atoms with Gasteiger partial charge in [0.25, 0.3) is 0 Å². The largest absolute Gasteiger partial charge is 0.384 e. The smallest absolute Gasteiger partial charge is 0.311 e. The van der Waals surface area contributed by atoms with Crippen molar-refractivity contribution in [3.63, 3.8) is 0 Å². The highest BCUT2D eigenvalue weighted by atomic mass is 16.6. The summed E-state index contributed by atoms with van der Waals surface area (Å²) in [7, 11) is 0. The number of rotatable bonds is 4. The second-order valence-electron chi connectivity index (χ2n) is 5.12. The number of hydrogen-bond acceptors (Lipinski definition) is 6. The van der Waals surface area contributed by atoms with Gasteiger partial charge in [0.15, 0.2) is 0 Å². The molecule has 1 aliphatic rings. The quantitative estimate of drug-likeness (QED) is 0.663. The van der Waals surface area contributed by atoms with E-state index in [-0.39, 0.29) is 5.69 Å². The van der Waals surface area contributed by atoms with Gasteiger partial charge in [0.2, 0.25) is 5.82 Å². The third-order valence-electron chi connectivity index (χ3n) is 3.90. The second kappa shape index (κ2) is 6.04. The molecule has 20 heavy (non-hydrogen) atoms. The van der Waals surface area contributed by atoms with Crippen LogP contribution in [0.4, 0.5) is 17.3 Å². The molecule has 7 heteroatoms. The SMILES string of the molecule is CCC(C)N1CCN(c2nc(N)ccc2[N+](=O)[O-])CC1. The van der Waals surface area contributed by atoms with Crippen LogP contribution < -0.4 is 10.6 Å². The third-order valence-corrected chi connectivity index (χ3v) is 3.90. The number of anilines is 2. The Kier molecular flexibility index (Phi) is 4.39. The number of nitro groups is 1. The van der Waals surface area contributed by atoms with Gasteiger partial charge in [0.1, 0.15) is 5.82 Å². The topological polar surface area (TPSA) is 88.5 Å². The van der Waals surface area contributed by atoms with Crippen molar-refractivity contribution in [1.29, 1.82) is 0 Å². The number of nitrogens with zero attached hydrogens (tertiary/aromatic N) is 4. The van der Waals surface area contributed by atoms with Gasteiger partial charge >= 0.3 is 5.69 Å². The van der Waals surface area contributed by atoms with E-state index in [0.29, 0.717) is 17.7 Å². The van der Waals surface area contributed by atoms with Gasteiger partial charge in [-0.25, -0.2) is 4.98 Å². The molecule has 1 unspecified atom stereocenters. The molecule has 1 aromatic rings. The van der Waals surface area contributed by atoms with E-state index in [2.05, 4.69) is 23.7 Å². The molecule has 110 valence electrons. The first kappa shape index (κ1) is 14.5. The lowest BCUT2D eigenvalue weighted by Crippen LogP contribution is -2.49. The molecule has 7 nitrogen and oxygen atoms in total. The van der Waals surface area contributed by atoms with E-state index in [1.54, 1.807) is 0 Å². The van der Waals surface area contributed by atoms with Crippen LogP contribution in [0.2, 0.25) is 0 Å². The van der Waals surface area contributed by atoms with Crippen molar-refractivity contribution in [2.45, 2.75) is 26.3 Å². The molecule has 0 aromatic carbocycles. The molecule has 1 aliphatic heterocycles. The first-order valence-corrected chi connectivity index (χ1v) is 6.92. The minimum atomic E-state index is -0.400. The highest BCUT2D eigenvalue weighted by Gasteiger charge is 2.26. The van der Waals surface area contributed by atoms with Gasteiger partial charge in [0.05, 0.1) is 4.92 Å². The number of hydrogen-bond donors (Lipinski definition) is 1. The summed E-state index contributed by atoms with van der Waals surface area (Å²) in [6.45, 7) is 7.63. The van der Waals surface area contributed by atoms with E-state index in [4.69, 9.17) is 5.73 Å². The van der Waals surface area contributed by atoms with Gasteiger partial charge in [-0.3, -0.25) is 15.0 Å². The van der Waals surface area contributed by atoms with Crippen LogP contribution in [0, 0.1) is 10.1 Å². The molecule has 1 saturated heterocycles. The van der Waals surface area contributed by atoms with Gasteiger partial charge in [-0.05, 0) is 19.4 Å². The summed E-state index contributed by atoms with van der Waals surface area (Å²) in [6, 6.07) is 3.44. The highest BCUT2D eigenvalue weighted by Crippen LogP contribution is 2.27. The van der Waals surface area contributed by atoms with Crippen LogP contribution in [0.1, 0.15) is 20.3 Å². The van der Waals surface area contributed by atoms with Crippen LogP contribution in [0.15, 0.2) is 12.1 Å². The Bertz CT molecular complexity index is 486. The zero-order valence-corrected chi connectivity index (χ0v) is 12.0. The minimum absolute atomic E-state index is 0.0242. The molecule has 2 N–H and O–H groups in total. The highest BCUT2D eigenvalue weighted by molar-refractivity contribution is 5.61. The molecule has 1 fully saturated rings. The van der Waals surface area contributed by atoms with Gasteiger partial charge < -0.3 is 10.6 Å². The van der Waals surface area contributed by atoms with Gasteiger partial charge in [-0.15, -0.1) is 0 Å². The first-order chi connectivity index (χ1) is 9.52. The summed E-state index contributed by atoms with van der Waals surface area (Å²) in [4.78, 5) is 19.2. The average Bonchev–Trinajstić information content (AvgIpc) is 2.46. The van der Waals surface area contributed by atoms with Crippen molar-refractivity contribution in [2.24, 2.45) is 0 Å². The molecule has 1 aromatic heterocycles. The van der Waals surface area contributed by atoms with Crippen LogP contribution >= 0.6 is 0 Å². The monoisotopic (exact) mass is 279 g/mol. The maximum absolute atomic E-state index is 11.1. The van der Waals surface area contributed by atoms with E-state index >= 15 is 0 Å². The van der Waals surface area contributed by atoms with Crippen molar-refractivity contribution < 1.29 is 4.92 Å². The van der Waals surface area contributed by atoms with Crippen LogP contribution in [0.3, 0.4) is 0 Å². The minimum Gasteiger partial charge on any atom is -0.384 e. The molecule has 0 spiro atoms. The summed E-state index contributed by atoms with van der Waals surface area (Å²) in [5, 5.41) is 11.1. The van der Waals surface area contributed by atoms with Crippen molar-refractivity contribution >= 4 is 17.3 Å². The zero-order chi connectivity index (χ0) is 14.7. The molecule has 0 amide bonds. The van der Waals surface area contributed by atoms with E-state index in [1.165, 1.54) is 12.1 Å².